The molecule has 0 aliphatic carbocycles. The van der Waals surface area contributed by atoms with Crippen LogP contribution in [0.25, 0.3) is 0 Å². The lowest BCUT2D eigenvalue weighted by Gasteiger charge is -2.24. The molecule has 0 heterocycles. The minimum Gasteiger partial charge on any atom is -0.465 e. The normalized spacial score (nSPS) is 10.8. The van der Waals surface area contributed by atoms with Gasteiger partial charge in [-0.2, -0.15) is 0 Å². The molecular formula is C16H24N2O3. The maximum absolute atomic E-state index is 12.1. The third-order valence-electron chi connectivity index (χ3n) is 3.13. The average Bonchev–Trinajstić information content (AvgIpc) is 2.41. The number of ether oxygens (including phenoxy) is 1. The molecule has 5 heteroatoms. The minimum atomic E-state index is -0.310. The molecule has 0 bridgehead atoms. The molecule has 5 nitrogen and oxygen atoms in total. The molecule has 0 aliphatic rings. The molecule has 1 N–H and O–H groups in total. The average molecular weight is 292 g/mol. The van der Waals surface area contributed by atoms with Gasteiger partial charge in [0.15, 0.2) is 0 Å². The second-order valence-corrected chi connectivity index (χ2v) is 5.17. The van der Waals surface area contributed by atoms with Gasteiger partial charge in [0.2, 0.25) is 5.91 Å². The van der Waals surface area contributed by atoms with E-state index < -0.39 is 0 Å². The summed E-state index contributed by atoms with van der Waals surface area (Å²) in [5, 5.41) is 2.87. The van der Waals surface area contributed by atoms with E-state index in [0.29, 0.717) is 6.61 Å². The molecule has 21 heavy (non-hydrogen) atoms. The van der Waals surface area contributed by atoms with Crippen LogP contribution in [0.2, 0.25) is 0 Å². The third kappa shape index (κ3) is 5.95. The van der Waals surface area contributed by atoms with Gasteiger partial charge in [-0.05, 0) is 39.3 Å². The van der Waals surface area contributed by atoms with E-state index in [-0.39, 0.29) is 31.0 Å². The van der Waals surface area contributed by atoms with Crippen LogP contribution in [0, 0.1) is 6.92 Å². The number of hydrogen-bond acceptors (Lipinski definition) is 4. The van der Waals surface area contributed by atoms with Gasteiger partial charge in [0.05, 0.1) is 19.7 Å². The van der Waals surface area contributed by atoms with Crippen LogP contribution >= 0.6 is 0 Å². The van der Waals surface area contributed by atoms with Crippen LogP contribution in [0.1, 0.15) is 26.3 Å². The predicted molar refractivity (Wildman–Crippen MR) is 83.2 cm³/mol. The van der Waals surface area contributed by atoms with Crippen LogP contribution in [0.5, 0.6) is 0 Å². The van der Waals surface area contributed by atoms with Crippen LogP contribution in [0.15, 0.2) is 24.3 Å². The van der Waals surface area contributed by atoms with Crippen molar-refractivity contribution in [3.8, 4) is 0 Å². The summed E-state index contributed by atoms with van der Waals surface area (Å²) in [4.78, 5) is 25.5. The van der Waals surface area contributed by atoms with E-state index in [1.165, 1.54) is 0 Å². The molecule has 1 amide bonds. The standard InChI is InChI=1S/C16H24N2O3/c1-5-21-16(20)11-18(12(2)3)10-15(19)17-14-9-7-6-8-13(14)4/h6-9,12H,5,10-11H2,1-4H3,(H,17,19). The number of para-hydroxylation sites is 1. The van der Waals surface area contributed by atoms with Crippen molar-refractivity contribution in [2.45, 2.75) is 33.7 Å². The van der Waals surface area contributed by atoms with Gasteiger partial charge in [0.25, 0.3) is 0 Å². The third-order valence-corrected chi connectivity index (χ3v) is 3.13. The molecule has 0 aromatic heterocycles. The lowest BCUT2D eigenvalue weighted by molar-refractivity contribution is -0.145. The van der Waals surface area contributed by atoms with Crippen molar-refractivity contribution < 1.29 is 14.3 Å². The Morgan fingerprint density at radius 2 is 1.90 bits per heavy atom. The summed E-state index contributed by atoms with van der Waals surface area (Å²) in [6.07, 6.45) is 0. The maximum Gasteiger partial charge on any atom is 0.320 e. The summed E-state index contributed by atoms with van der Waals surface area (Å²) in [5.74, 6) is -0.447. The summed E-state index contributed by atoms with van der Waals surface area (Å²) in [6.45, 7) is 8.22. The second-order valence-electron chi connectivity index (χ2n) is 5.17. The molecule has 116 valence electrons. The van der Waals surface area contributed by atoms with Crippen LogP contribution < -0.4 is 5.32 Å². The first-order valence-electron chi connectivity index (χ1n) is 7.19. The topological polar surface area (TPSA) is 58.6 Å². The number of nitrogens with zero attached hydrogens (tertiary/aromatic N) is 1. The smallest absolute Gasteiger partial charge is 0.320 e. The molecular weight excluding hydrogens is 268 g/mol. The van der Waals surface area contributed by atoms with E-state index in [0.717, 1.165) is 11.3 Å². The quantitative estimate of drug-likeness (QED) is 0.783. The summed E-state index contributed by atoms with van der Waals surface area (Å²) in [5.41, 5.74) is 1.80. The van der Waals surface area contributed by atoms with Crippen molar-refractivity contribution in [3.05, 3.63) is 29.8 Å². The highest BCUT2D eigenvalue weighted by atomic mass is 16.5. The van der Waals surface area contributed by atoms with Gasteiger partial charge in [-0.25, -0.2) is 0 Å². The van der Waals surface area contributed by atoms with Crippen LogP contribution in [-0.2, 0) is 14.3 Å². The van der Waals surface area contributed by atoms with E-state index in [1.54, 1.807) is 11.8 Å². The van der Waals surface area contributed by atoms with Gasteiger partial charge in [0, 0.05) is 11.7 Å². The molecule has 0 radical (unpaired) electrons. The Morgan fingerprint density at radius 3 is 2.48 bits per heavy atom. The second kappa shape index (κ2) is 8.42. The molecule has 0 fully saturated rings. The molecule has 0 saturated heterocycles. The summed E-state index contributed by atoms with van der Waals surface area (Å²) >= 11 is 0. The highest BCUT2D eigenvalue weighted by molar-refractivity contribution is 5.93. The van der Waals surface area contributed by atoms with Gasteiger partial charge in [0.1, 0.15) is 0 Å². The van der Waals surface area contributed by atoms with E-state index in [1.807, 2.05) is 45.0 Å². The van der Waals surface area contributed by atoms with Gasteiger partial charge in [-0.3, -0.25) is 14.5 Å². The van der Waals surface area contributed by atoms with Gasteiger partial charge in [-0.15, -0.1) is 0 Å². The largest absolute Gasteiger partial charge is 0.465 e. The fourth-order valence-electron chi connectivity index (χ4n) is 1.88. The summed E-state index contributed by atoms with van der Waals surface area (Å²) in [7, 11) is 0. The van der Waals surface area contributed by atoms with Crippen LogP contribution in [0.3, 0.4) is 0 Å². The first-order chi connectivity index (χ1) is 9.93. The van der Waals surface area contributed by atoms with Crippen molar-refractivity contribution in [2.24, 2.45) is 0 Å². The molecule has 0 spiro atoms. The van der Waals surface area contributed by atoms with Crippen molar-refractivity contribution in [3.63, 3.8) is 0 Å². The number of hydrogen-bond donors (Lipinski definition) is 1. The lowest BCUT2D eigenvalue weighted by atomic mass is 10.2. The highest BCUT2D eigenvalue weighted by Crippen LogP contribution is 2.13. The number of carbonyl (C=O) groups is 2. The molecule has 0 unspecified atom stereocenters. The van der Waals surface area contributed by atoms with E-state index in [9.17, 15) is 9.59 Å². The Hall–Kier alpha value is -1.88. The van der Waals surface area contributed by atoms with Crippen molar-refractivity contribution in [1.29, 1.82) is 0 Å². The summed E-state index contributed by atoms with van der Waals surface area (Å²) in [6, 6.07) is 7.68. The number of benzene rings is 1. The monoisotopic (exact) mass is 292 g/mol. The van der Waals surface area contributed by atoms with Gasteiger partial charge in [-0.1, -0.05) is 18.2 Å². The number of nitrogens with one attached hydrogen (secondary N) is 1. The minimum absolute atomic E-state index is 0.0806. The number of anilines is 1. The number of rotatable bonds is 7. The first kappa shape index (κ1) is 17.2. The highest BCUT2D eigenvalue weighted by Gasteiger charge is 2.18. The van der Waals surface area contributed by atoms with Crippen LogP contribution in [0.4, 0.5) is 5.69 Å². The maximum atomic E-state index is 12.1. The van der Waals surface area contributed by atoms with Crippen molar-refractivity contribution in [2.75, 3.05) is 25.0 Å². The van der Waals surface area contributed by atoms with E-state index in [2.05, 4.69) is 5.32 Å². The first-order valence-corrected chi connectivity index (χ1v) is 7.19. The lowest BCUT2D eigenvalue weighted by Crippen LogP contribution is -2.41. The van der Waals surface area contributed by atoms with Crippen molar-refractivity contribution in [1.82, 2.24) is 4.90 Å². The predicted octanol–water partition coefficient (Wildman–Crippen LogP) is 2.21. The fraction of sp³-hybridized carbons (Fsp3) is 0.500. The number of aryl methyl sites for hydroxylation is 1. The number of carbonyl (C=O) groups excluding carboxylic acids is 2. The fourth-order valence-corrected chi connectivity index (χ4v) is 1.88. The van der Waals surface area contributed by atoms with E-state index in [4.69, 9.17) is 4.74 Å². The molecule has 0 atom stereocenters. The Kier molecular flexibility index (Phi) is 6.88. The Bertz CT molecular complexity index is 486. The molecule has 1 aromatic rings. The Balaban J connectivity index is 2.60. The summed E-state index contributed by atoms with van der Waals surface area (Å²) < 4.78 is 4.93. The van der Waals surface area contributed by atoms with E-state index >= 15 is 0 Å². The van der Waals surface area contributed by atoms with Crippen molar-refractivity contribution >= 4 is 17.6 Å². The Morgan fingerprint density at radius 1 is 1.24 bits per heavy atom. The number of amides is 1. The molecule has 1 rings (SSSR count). The molecule has 1 aromatic carbocycles. The zero-order valence-electron chi connectivity index (χ0n) is 13.2. The SMILES string of the molecule is CCOC(=O)CN(CC(=O)Nc1ccccc1C)C(C)C. The van der Waals surface area contributed by atoms with Crippen LogP contribution in [-0.4, -0.2) is 42.5 Å². The number of esters is 1. The Labute approximate surface area is 126 Å². The molecule has 0 saturated carbocycles. The van der Waals surface area contributed by atoms with Gasteiger partial charge >= 0.3 is 5.97 Å². The zero-order chi connectivity index (χ0) is 15.8. The van der Waals surface area contributed by atoms with Gasteiger partial charge < -0.3 is 10.1 Å². The zero-order valence-corrected chi connectivity index (χ0v) is 13.2. The molecule has 0 aliphatic heterocycles.